The van der Waals surface area contributed by atoms with Crippen molar-refractivity contribution in [3.63, 3.8) is 0 Å². The van der Waals surface area contributed by atoms with Crippen LogP contribution in [0.5, 0.6) is 5.75 Å². The Morgan fingerprint density at radius 2 is 2.00 bits per heavy atom. The van der Waals surface area contributed by atoms with Crippen LogP contribution in [-0.4, -0.2) is 13.2 Å². The van der Waals surface area contributed by atoms with E-state index in [2.05, 4.69) is 4.74 Å². The van der Waals surface area contributed by atoms with Gasteiger partial charge in [0.1, 0.15) is 5.75 Å². The number of hydrogen-bond donors (Lipinski definition) is 2. The molecule has 1 atom stereocenters. The summed E-state index contributed by atoms with van der Waals surface area (Å²) in [7, 11) is 0. The molecule has 1 aromatic carbocycles. The standard InChI is InChI=1S/C11H16F2N2O.ClH/c12-11(13)16-9-4-1-3-8(7-9)10(15)5-2-6-14;/h1,3-4,7,10-11H,2,5-6,14-15H2;1H/t10-;/m0./s1. The number of nitrogens with two attached hydrogens (primary N) is 2. The number of rotatable bonds is 6. The van der Waals surface area contributed by atoms with Crippen LogP contribution >= 0.6 is 12.4 Å². The molecule has 0 amide bonds. The quantitative estimate of drug-likeness (QED) is 0.831. The SMILES string of the molecule is Cl.NCCC[C@H](N)c1cccc(OC(F)F)c1. The lowest BCUT2D eigenvalue weighted by atomic mass is 10.0. The minimum absolute atomic E-state index is 0. The van der Waals surface area contributed by atoms with Gasteiger partial charge in [-0.2, -0.15) is 8.78 Å². The largest absolute Gasteiger partial charge is 0.435 e. The number of halogens is 3. The zero-order valence-corrected chi connectivity index (χ0v) is 10.1. The highest BCUT2D eigenvalue weighted by molar-refractivity contribution is 5.85. The second-order valence-electron chi connectivity index (χ2n) is 3.49. The Bertz CT molecular complexity index is 326. The van der Waals surface area contributed by atoms with Crippen LogP contribution in [-0.2, 0) is 0 Å². The summed E-state index contributed by atoms with van der Waals surface area (Å²) in [5.74, 6) is 0.135. The van der Waals surface area contributed by atoms with Gasteiger partial charge in [-0.1, -0.05) is 12.1 Å². The summed E-state index contributed by atoms with van der Waals surface area (Å²) in [5, 5.41) is 0. The van der Waals surface area contributed by atoms with Crippen LogP contribution < -0.4 is 16.2 Å². The van der Waals surface area contributed by atoms with E-state index in [4.69, 9.17) is 11.5 Å². The topological polar surface area (TPSA) is 61.3 Å². The minimum atomic E-state index is -2.81. The maximum atomic E-state index is 12.0. The van der Waals surface area contributed by atoms with E-state index in [9.17, 15) is 8.78 Å². The first-order valence-electron chi connectivity index (χ1n) is 5.14. The van der Waals surface area contributed by atoms with Crippen LogP contribution in [0.1, 0.15) is 24.4 Å². The van der Waals surface area contributed by atoms with E-state index in [1.807, 2.05) is 0 Å². The van der Waals surface area contributed by atoms with Crippen molar-refractivity contribution in [1.82, 2.24) is 0 Å². The highest BCUT2D eigenvalue weighted by atomic mass is 35.5. The third-order valence-corrected chi connectivity index (χ3v) is 2.23. The molecular formula is C11H17ClF2N2O. The minimum Gasteiger partial charge on any atom is -0.435 e. The molecule has 0 fully saturated rings. The normalized spacial score (nSPS) is 12.1. The Balaban J connectivity index is 0.00000256. The van der Waals surface area contributed by atoms with Crippen LogP contribution in [0.4, 0.5) is 8.78 Å². The van der Waals surface area contributed by atoms with Gasteiger partial charge in [0.15, 0.2) is 0 Å². The molecule has 98 valence electrons. The summed E-state index contributed by atoms with van der Waals surface area (Å²) in [4.78, 5) is 0. The fourth-order valence-corrected chi connectivity index (χ4v) is 1.43. The summed E-state index contributed by atoms with van der Waals surface area (Å²) in [6.07, 6.45) is 1.54. The number of alkyl halides is 2. The Morgan fingerprint density at radius 1 is 1.29 bits per heavy atom. The molecule has 0 aromatic heterocycles. The molecule has 17 heavy (non-hydrogen) atoms. The van der Waals surface area contributed by atoms with Gasteiger partial charge in [0, 0.05) is 6.04 Å². The van der Waals surface area contributed by atoms with Crippen LogP contribution in [0, 0.1) is 0 Å². The zero-order chi connectivity index (χ0) is 12.0. The van der Waals surface area contributed by atoms with Gasteiger partial charge < -0.3 is 16.2 Å². The van der Waals surface area contributed by atoms with Gasteiger partial charge in [-0.3, -0.25) is 0 Å². The lowest BCUT2D eigenvalue weighted by molar-refractivity contribution is -0.0499. The molecule has 0 bridgehead atoms. The Kier molecular flexibility index (Phi) is 7.78. The summed E-state index contributed by atoms with van der Waals surface area (Å²) in [5.41, 5.74) is 12.0. The van der Waals surface area contributed by atoms with Crippen molar-refractivity contribution in [3.8, 4) is 5.75 Å². The molecule has 0 saturated carbocycles. The first-order valence-corrected chi connectivity index (χ1v) is 5.14. The lowest BCUT2D eigenvalue weighted by Gasteiger charge is -2.13. The second-order valence-corrected chi connectivity index (χ2v) is 3.49. The number of ether oxygens (including phenoxy) is 1. The number of hydrogen-bond acceptors (Lipinski definition) is 3. The molecule has 0 aliphatic heterocycles. The molecule has 6 heteroatoms. The third kappa shape index (κ3) is 5.81. The van der Waals surface area contributed by atoms with Gasteiger partial charge in [-0.25, -0.2) is 0 Å². The molecule has 0 spiro atoms. The fraction of sp³-hybridized carbons (Fsp3) is 0.455. The van der Waals surface area contributed by atoms with Crippen molar-refractivity contribution in [2.75, 3.05) is 6.54 Å². The maximum absolute atomic E-state index is 12.0. The third-order valence-electron chi connectivity index (χ3n) is 2.23. The van der Waals surface area contributed by atoms with Crippen molar-refractivity contribution in [1.29, 1.82) is 0 Å². The van der Waals surface area contributed by atoms with Crippen molar-refractivity contribution in [3.05, 3.63) is 29.8 Å². The Labute approximate surface area is 106 Å². The summed E-state index contributed by atoms with van der Waals surface area (Å²) in [6.45, 7) is -2.24. The molecule has 0 unspecified atom stereocenters. The maximum Gasteiger partial charge on any atom is 0.387 e. The van der Waals surface area contributed by atoms with Gasteiger partial charge in [0.2, 0.25) is 0 Å². The van der Waals surface area contributed by atoms with Gasteiger partial charge in [-0.05, 0) is 37.1 Å². The van der Waals surface area contributed by atoms with E-state index in [0.717, 1.165) is 18.4 Å². The molecule has 4 N–H and O–H groups in total. The molecular weight excluding hydrogens is 250 g/mol. The molecule has 1 aromatic rings. The van der Waals surface area contributed by atoms with E-state index < -0.39 is 6.61 Å². The second kappa shape index (κ2) is 8.22. The summed E-state index contributed by atoms with van der Waals surface area (Å²) >= 11 is 0. The van der Waals surface area contributed by atoms with Crippen molar-refractivity contribution < 1.29 is 13.5 Å². The lowest BCUT2D eigenvalue weighted by Crippen LogP contribution is -2.13. The smallest absolute Gasteiger partial charge is 0.387 e. The molecule has 0 heterocycles. The van der Waals surface area contributed by atoms with E-state index >= 15 is 0 Å². The monoisotopic (exact) mass is 266 g/mol. The van der Waals surface area contributed by atoms with E-state index in [1.165, 1.54) is 12.1 Å². The van der Waals surface area contributed by atoms with Gasteiger partial charge >= 0.3 is 6.61 Å². The highest BCUT2D eigenvalue weighted by Gasteiger charge is 2.08. The summed E-state index contributed by atoms with van der Waals surface area (Å²) < 4.78 is 28.3. The molecule has 0 saturated heterocycles. The fourth-order valence-electron chi connectivity index (χ4n) is 1.43. The van der Waals surface area contributed by atoms with Crippen LogP contribution in [0.3, 0.4) is 0 Å². The molecule has 0 aliphatic carbocycles. The van der Waals surface area contributed by atoms with Crippen molar-refractivity contribution in [2.45, 2.75) is 25.5 Å². The van der Waals surface area contributed by atoms with Crippen molar-refractivity contribution >= 4 is 12.4 Å². The van der Waals surface area contributed by atoms with Crippen molar-refractivity contribution in [2.24, 2.45) is 11.5 Å². The molecule has 0 aliphatic rings. The van der Waals surface area contributed by atoms with E-state index in [-0.39, 0.29) is 24.2 Å². The number of benzene rings is 1. The van der Waals surface area contributed by atoms with E-state index in [0.29, 0.717) is 6.54 Å². The predicted octanol–water partition coefficient (Wildman–Crippen LogP) is 2.45. The Morgan fingerprint density at radius 3 is 2.59 bits per heavy atom. The zero-order valence-electron chi connectivity index (χ0n) is 9.31. The predicted molar refractivity (Wildman–Crippen MR) is 65.5 cm³/mol. The average molecular weight is 267 g/mol. The highest BCUT2D eigenvalue weighted by Crippen LogP contribution is 2.21. The molecule has 0 radical (unpaired) electrons. The molecule has 3 nitrogen and oxygen atoms in total. The Hall–Kier alpha value is -0.910. The van der Waals surface area contributed by atoms with Gasteiger partial charge in [0.25, 0.3) is 0 Å². The van der Waals surface area contributed by atoms with Crippen LogP contribution in [0.2, 0.25) is 0 Å². The first-order chi connectivity index (χ1) is 7.63. The first kappa shape index (κ1) is 16.1. The van der Waals surface area contributed by atoms with Crippen LogP contribution in [0.25, 0.3) is 0 Å². The van der Waals surface area contributed by atoms with Gasteiger partial charge in [-0.15, -0.1) is 12.4 Å². The van der Waals surface area contributed by atoms with Gasteiger partial charge in [0.05, 0.1) is 0 Å². The average Bonchev–Trinajstić information content (AvgIpc) is 2.25. The van der Waals surface area contributed by atoms with Crippen LogP contribution in [0.15, 0.2) is 24.3 Å². The van der Waals surface area contributed by atoms with E-state index in [1.54, 1.807) is 12.1 Å². The summed E-state index contributed by atoms with van der Waals surface area (Å²) in [6, 6.07) is 6.26. The molecule has 1 rings (SSSR count).